The minimum Gasteiger partial charge on any atom is -0.454 e. The number of fused-ring (bicyclic) bond motifs is 6. The minimum absolute atomic E-state index is 0.877. The van der Waals surface area contributed by atoms with E-state index in [9.17, 15) is 0 Å². The van der Waals surface area contributed by atoms with Crippen LogP contribution in [0.15, 0.2) is 167 Å². The first kappa shape index (κ1) is 36.3. The van der Waals surface area contributed by atoms with E-state index < -0.39 is 0 Å². The Morgan fingerprint density at radius 1 is 0.290 bits per heavy atom. The van der Waals surface area contributed by atoms with Crippen LogP contribution in [0.25, 0.3) is 76.2 Å². The van der Waals surface area contributed by atoms with Gasteiger partial charge in [0, 0.05) is 43.7 Å². The second-order valence-electron chi connectivity index (χ2n) is 17.2. The van der Waals surface area contributed by atoms with Gasteiger partial charge in [-0.3, -0.25) is 0 Å². The van der Waals surface area contributed by atoms with Gasteiger partial charge in [0.05, 0.1) is 22.7 Å². The molecular weight excluding hydrogens is 757 g/mol. The van der Waals surface area contributed by atoms with E-state index in [1.165, 1.54) is 54.6 Å². The Kier molecular flexibility index (Phi) is 7.89. The number of furan rings is 2. The van der Waals surface area contributed by atoms with Gasteiger partial charge in [0.1, 0.15) is 11.2 Å². The van der Waals surface area contributed by atoms with Gasteiger partial charge in [0.25, 0.3) is 0 Å². The highest BCUT2D eigenvalue weighted by Gasteiger charge is 2.26. The van der Waals surface area contributed by atoms with Crippen LogP contribution in [0.2, 0.25) is 0 Å². The van der Waals surface area contributed by atoms with Crippen LogP contribution in [0, 0.1) is 41.5 Å². The summed E-state index contributed by atoms with van der Waals surface area (Å²) in [4.78, 5) is 4.82. The fourth-order valence-electron chi connectivity index (χ4n) is 9.95. The predicted octanol–water partition coefficient (Wildman–Crippen LogP) is 17.2. The summed E-state index contributed by atoms with van der Waals surface area (Å²) in [5.74, 6) is 0. The topological polar surface area (TPSA) is 32.8 Å². The molecule has 0 saturated heterocycles. The minimum atomic E-state index is 0.877. The molecule has 0 aliphatic rings. The maximum atomic E-state index is 6.86. The first-order chi connectivity index (χ1) is 30.2. The first-order valence-corrected chi connectivity index (χ1v) is 21.5. The van der Waals surface area contributed by atoms with E-state index in [1.54, 1.807) is 0 Å². The summed E-state index contributed by atoms with van der Waals surface area (Å²) in [5.41, 5.74) is 17.2. The molecule has 0 saturated carbocycles. The molecule has 12 rings (SSSR count). The van der Waals surface area contributed by atoms with Crippen LogP contribution in [-0.2, 0) is 0 Å². The molecule has 4 nitrogen and oxygen atoms in total. The Bertz CT molecular complexity index is 3540. The number of aryl methyl sites for hydroxylation is 6. The molecule has 0 amide bonds. The molecule has 2 heterocycles. The van der Waals surface area contributed by atoms with Crippen LogP contribution in [0.1, 0.15) is 33.4 Å². The van der Waals surface area contributed by atoms with Crippen molar-refractivity contribution in [2.24, 2.45) is 0 Å². The Morgan fingerprint density at radius 2 is 0.677 bits per heavy atom. The lowest BCUT2D eigenvalue weighted by Gasteiger charge is -2.29. The second kappa shape index (κ2) is 13.5. The molecule has 62 heavy (non-hydrogen) atoms. The van der Waals surface area contributed by atoms with Gasteiger partial charge in [-0.15, -0.1) is 0 Å². The van der Waals surface area contributed by atoms with Gasteiger partial charge in [-0.05, 0) is 145 Å². The van der Waals surface area contributed by atoms with Crippen molar-refractivity contribution in [3.05, 3.63) is 191 Å². The summed E-state index contributed by atoms with van der Waals surface area (Å²) in [6.07, 6.45) is 0. The monoisotopic (exact) mass is 800 g/mol. The van der Waals surface area contributed by atoms with E-state index in [4.69, 9.17) is 8.83 Å². The molecule has 298 valence electrons. The van der Waals surface area contributed by atoms with Gasteiger partial charge >= 0.3 is 0 Å². The zero-order valence-electron chi connectivity index (χ0n) is 35.7. The van der Waals surface area contributed by atoms with Crippen LogP contribution in [0.4, 0.5) is 34.1 Å². The van der Waals surface area contributed by atoms with Crippen LogP contribution < -0.4 is 9.80 Å². The van der Waals surface area contributed by atoms with E-state index in [0.717, 1.165) is 89.1 Å². The largest absolute Gasteiger partial charge is 0.454 e. The summed E-state index contributed by atoms with van der Waals surface area (Å²) in [6.45, 7) is 13.0. The summed E-state index contributed by atoms with van der Waals surface area (Å²) in [5, 5.41) is 11.7. The molecule has 0 radical (unpaired) electrons. The average Bonchev–Trinajstić information content (AvgIpc) is 3.87. The van der Waals surface area contributed by atoms with Crippen molar-refractivity contribution >= 4 is 110 Å². The lowest BCUT2D eigenvalue weighted by atomic mass is 9.91. The van der Waals surface area contributed by atoms with E-state index in [1.807, 2.05) is 0 Å². The number of nitrogens with zero attached hydrogens (tertiary/aromatic N) is 2. The van der Waals surface area contributed by atoms with E-state index in [-0.39, 0.29) is 0 Å². The third-order valence-electron chi connectivity index (χ3n) is 13.5. The standard InChI is InChI=1S/C58H44N2O2/c1-33-19-25-41(31-37(33)5)59(51-17-9-15-45-43-13-7-11-35(3)55(43)61-57(45)51)49-29-23-39-22-28-48-50(30-24-40-21-27-47(49)53(39)54(40)48)60(42-26-20-34(2)38(6)32-42)52-18-10-16-46-44-14-8-12-36(4)56(44)62-58(46)52/h7-32H,1-6H3. The first-order valence-electron chi connectivity index (χ1n) is 21.5. The third-order valence-corrected chi connectivity index (χ3v) is 13.5. The Balaban J connectivity index is 1.14. The number of rotatable bonds is 6. The molecule has 10 aromatic carbocycles. The Labute approximate surface area is 360 Å². The number of hydrogen-bond acceptors (Lipinski definition) is 4. The number of para-hydroxylation sites is 4. The summed E-state index contributed by atoms with van der Waals surface area (Å²) in [6, 6.07) is 57.9. The van der Waals surface area contributed by atoms with Gasteiger partial charge in [-0.2, -0.15) is 0 Å². The fourth-order valence-corrected chi connectivity index (χ4v) is 9.95. The summed E-state index contributed by atoms with van der Waals surface area (Å²) in [7, 11) is 0. The number of anilines is 6. The average molecular weight is 801 g/mol. The van der Waals surface area contributed by atoms with Gasteiger partial charge < -0.3 is 18.6 Å². The molecule has 0 atom stereocenters. The summed E-state index contributed by atoms with van der Waals surface area (Å²) >= 11 is 0. The van der Waals surface area contributed by atoms with Crippen molar-refractivity contribution in [3.63, 3.8) is 0 Å². The van der Waals surface area contributed by atoms with Crippen LogP contribution in [-0.4, -0.2) is 0 Å². The quantitative estimate of drug-likeness (QED) is 0.157. The molecule has 12 aromatic rings. The highest BCUT2D eigenvalue weighted by molar-refractivity contribution is 6.28. The zero-order chi connectivity index (χ0) is 42.0. The molecule has 4 heteroatoms. The molecule has 0 fully saturated rings. The van der Waals surface area contributed by atoms with E-state index >= 15 is 0 Å². The summed E-state index contributed by atoms with van der Waals surface area (Å²) < 4.78 is 13.7. The SMILES string of the molecule is Cc1ccc(N(c2ccc3ccc4c(N(c5ccc(C)c(C)c5)c5cccc6c5oc5c(C)cccc56)ccc5ccc2c3c54)c2cccc3c2oc2c(C)cccc23)cc1C. The maximum Gasteiger partial charge on any atom is 0.159 e. The molecule has 0 aliphatic carbocycles. The fraction of sp³-hybridized carbons (Fsp3) is 0.103. The second-order valence-corrected chi connectivity index (χ2v) is 17.2. The molecular formula is C58H44N2O2. The maximum absolute atomic E-state index is 6.86. The van der Waals surface area contributed by atoms with Gasteiger partial charge in [0.2, 0.25) is 0 Å². The zero-order valence-corrected chi connectivity index (χ0v) is 35.7. The smallest absolute Gasteiger partial charge is 0.159 e. The number of hydrogen-bond donors (Lipinski definition) is 0. The number of benzene rings is 10. The van der Waals surface area contributed by atoms with Crippen molar-refractivity contribution in [1.29, 1.82) is 0 Å². The van der Waals surface area contributed by atoms with Crippen molar-refractivity contribution in [3.8, 4) is 0 Å². The Hall–Kier alpha value is -7.56. The van der Waals surface area contributed by atoms with Crippen LogP contribution in [0.3, 0.4) is 0 Å². The highest BCUT2D eigenvalue weighted by Crippen LogP contribution is 2.50. The molecule has 0 unspecified atom stereocenters. The van der Waals surface area contributed by atoms with Gasteiger partial charge in [0.15, 0.2) is 11.2 Å². The van der Waals surface area contributed by atoms with Crippen LogP contribution in [0.5, 0.6) is 0 Å². The van der Waals surface area contributed by atoms with Crippen molar-refractivity contribution in [2.75, 3.05) is 9.80 Å². The lowest BCUT2D eigenvalue weighted by molar-refractivity contribution is 0.665. The van der Waals surface area contributed by atoms with E-state index in [2.05, 4.69) is 209 Å². The van der Waals surface area contributed by atoms with Crippen LogP contribution >= 0.6 is 0 Å². The molecule has 0 N–H and O–H groups in total. The van der Waals surface area contributed by atoms with Crippen molar-refractivity contribution < 1.29 is 8.83 Å². The van der Waals surface area contributed by atoms with Crippen molar-refractivity contribution in [1.82, 2.24) is 0 Å². The molecule has 0 spiro atoms. The van der Waals surface area contributed by atoms with E-state index in [0.29, 0.717) is 0 Å². The van der Waals surface area contributed by atoms with Gasteiger partial charge in [-0.1, -0.05) is 109 Å². The highest BCUT2D eigenvalue weighted by atomic mass is 16.3. The normalized spacial score (nSPS) is 12.0. The predicted molar refractivity (Wildman–Crippen MR) is 262 cm³/mol. The lowest BCUT2D eigenvalue weighted by Crippen LogP contribution is -2.12. The molecule has 2 aromatic heterocycles. The Morgan fingerprint density at radius 3 is 1.10 bits per heavy atom. The van der Waals surface area contributed by atoms with Gasteiger partial charge in [-0.25, -0.2) is 0 Å². The third kappa shape index (κ3) is 5.26. The molecule has 0 bridgehead atoms. The van der Waals surface area contributed by atoms with Crippen molar-refractivity contribution in [2.45, 2.75) is 41.5 Å². The molecule has 0 aliphatic heterocycles.